The van der Waals surface area contributed by atoms with Crippen molar-refractivity contribution in [2.75, 3.05) is 19.3 Å². The van der Waals surface area contributed by atoms with Crippen molar-refractivity contribution in [1.29, 1.82) is 0 Å². The van der Waals surface area contributed by atoms with Crippen molar-refractivity contribution in [2.24, 2.45) is 5.92 Å². The molecular weight excluding hydrogens is 150 g/mol. The van der Waals surface area contributed by atoms with Gasteiger partial charge in [0.1, 0.15) is 0 Å². The summed E-state index contributed by atoms with van der Waals surface area (Å²) in [4.78, 5) is 0. The Labute approximate surface area is 62.1 Å². The lowest BCUT2D eigenvalue weighted by atomic mass is 10.1. The minimum absolute atomic E-state index is 0.324. The predicted octanol–water partition coefficient (Wildman–Crippen LogP) is 0.288. The second-order valence-corrected chi connectivity index (χ2v) is 5.19. The molecule has 3 nitrogen and oxygen atoms in total. The molecule has 1 atom stereocenters. The van der Waals surface area contributed by atoms with Crippen LogP contribution in [0.4, 0.5) is 0 Å². The van der Waals surface area contributed by atoms with E-state index in [1.165, 1.54) is 4.31 Å². The molecule has 0 bridgehead atoms. The van der Waals surface area contributed by atoms with Gasteiger partial charge >= 0.3 is 0 Å². The van der Waals surface area contributed by atoms with Gasteiger partial charge < -0.3 is 0 Å². The van der Waals surface area contributed by atoms with Gasteiger partial charge in [0.2, 0.25) is 10.0 Å². The highest BCUT2D eigenvalue weighted by Gasteiger charge is 2.25. The zero-order valence-corrected chi connectivity index (χ0v) is 7.19. The molecule has 0 aliphatic carbocycles. The quantitative estimate of drug-likeness (QED) is 0.514. The largest absolute Gasteiger partial charge is 0.213 e. The third-order valence-corrected chi connectivity index (χ3v) is 3.76. The number of hydrogen-bond donors (Lipinski definition) is 0. The van der Waals surface area contributed by atoms with Crippen LogP contribution in [-0.4, -0.2) is 32.1 Å². The number of nitrogens with zero attached hydrogens (tertiary/aromatic N) is 1. The van der Waals surface area contributed by atoms with Crippen molar-refractivity contribution >= 4 is 10.0 Å². The molecular formula is C6H13NO2S. The van der Waals surface area contributed by atoms with Gasteiger partial charge in [0.15, 0.2) is 0 Å². The molecule has 1 rings (SSSR count). The highest BCUT2D eigenvalue weighted by atomic mass is 32.2. The number of rotatable bonds is 0. The Morgan fingerprint density at radius 2 is 2.10 bits per heavy atom. The van der Waals surface area contributed by atoms with E-state index in [1.807, 2.05) is 0 Å². The molecule has 10 heavy (non-hydrogen) atoms. The minimum Gasteiger partial charge on any atom is -0.212 e. The summed E-state index contributed by atoms with van der Waals surface area (Å²) in [6.45, 7) is 2.76. The van der Waals surface area contributed by atoms with Crippen LogP contribution >= 0.6 is 0 Å². The molecule has 0 saturated carbocycles. The van der Waals surface area contributed by atoms with Crippen LogP contribution in [0.1, 0.15) is 13.3 Å². The topological polar surface area (TPSA) is 37.4 Å². The Kier molecular flexibility index (Phi) is 2.01. The first-order chi connectivity index (χ1) is 4.52. The third kappa shape index (κ3) is 1.49. The summed E-state index contributed by atoms with van der Waals surface area (Å²) in [6.07, 6.45) is 0.812. The maximum atomic E-state index is 11.1. The first kappa shape index (κ1) is 8.01. The second-order valence-electron chi connectivity index (χ2n) is 2.99. The Balaban J connectivity index is 2.70. The summed E-state index contributed by atoms with van der Waals surface area (Å²) < 4.78 is 23.6. The lowest BCUT2D eigenvalue weighted by molar-refractivity contribution is 0.366. The standard InChI is InChI=1S/C6H13NO2S/c1-6-3-4-10(8,9)7(2)5-6/h6H,3-5H2,1-2H3. The van der Waals surface area contributed by atoms with Crippen LogP contribution in [-0.2, 0) is 10.0 Å². The van der Waals surface area contributed by atoms with Crippen molar-refractivity contribution in [2.45, 2.75) is 13.3 Å². The number of hydrogen-bond acceptors (Lipinski definition) is 2. The van der Waals surface area contributed by atoms with Gasteiger partial charge in [0, 0.05) is 13.6 Å². The van der Waals surface area contributed by atoms with E-state index in [1.54, 1.807) is 7.05 Å². The van der Waals surface area contributed by atoms with E-state index in [0.29, 0.717) is 18.2 Å². The molecule has 1 aliphatic rings. The molecule has 0 N–H and O–H groups in total. The van der Waals surface area contributed by atoms with Crippen molar-refractivity contribution in [3.8, 4) is 0 Å². The second kappa shape index (κ2) is 2.51. The fourth-order valence-electron chi connectivity index (χ4n) is 1.15. The molecule has 1 fully saturated rings. The van der Waals surface area contributed by atoms with Crippen LogP contribution in [0, 0.1) is 5.92 Å². The third-order valence-electron chi connectivity index (χ3n) is 1.91. The van der Waals surface area contributed by atoms with Crippen molar-refractivity contribution in [3.63, 3.8) is 0 Å². The molecule has 1 saturated heterocycles. The molecule has 1 heterocycles. The summed E-state index contributed by atoms with van der Waals surface area (Å²) in [7, 11) is -1.22. The van der Waals surface area contributed by atoms with Gasteiger partial charge in [-0.05, 0) is 12.3 Å². The Hall–Kier alpha value is -0.0900. The van der Waals surface area contributed by atoms with Crippen molar-refractivity contribution in [1.82, 2.24) is 4.31 Å². The molecule has 1 unspecified atom stereocenters. The molecule has 1 aliphatic heterocycles. The zero-order valence-electron chi connectivity index (χ0n) is 6.37. The fraction of sp³-hybridized carbons (Fsp3) is 1.00. The predicted molar refractivity (Wildman–Crippen MR) is 40.2 cm³/mol. The van der Waals surface area contributed by atoms with E-state index < -0.39 is 10.0 Å². The Bertz CT molecular complexity index is 210. The van der Waals surface area contributed by atoms with E-state index in [2.05, 4.69) is 6.92 Å². The van der Waals surface area contributed by atoms with Crippen LogP contribution < -0.4 is 0 Å². The first-order valence-electron chi connectivity index (χ1n) is 3.46. The van der Waals surface area contributed by atoms with E-state index in [9.17, 15) is 8.42 Å². The fourth-order valence-corrected chi connectivity index (χ4v) is 2.64. The van der Waals surface area contributed by atoms with Crippen LogP contribution in [0.15, 0.2) is 0 Å². The van der Waals surface area contributed by atoms with Crippen LogP contribution in [0.2, 0.25) is 0 Å². The lowest BCUT2D eigenvalue weighted by Gasteiger charge is -2.26. The average Bonchev–Trinajstić information content (AvgIpc) is 1.81. The van der Waals surface area contributed by atoms with Gasteiger partial charge in [0.05, 0.1) is 5.75 Å². The number of sulfonamides is 1. The normalized spacial score (nSPS) is 34.0. The van der Waals surface area contributed by atoms with Gasteiger partial charge in [-0.1, -0.05) is 6.92 Å². The van der Waals surface area contributed by atoms with Gasteiger partial charge in [-0.15, -0.1) is 0 Å². The van der Waals surface area contributed by atoms with E-state index in [-0.39, 0.29) is 0 Å². The van der Waals surface area contributed by atoms with Gasteiger partial charge in [-0.3, -0.25) is 0 Å². The van der Waals surface area contributed by atoms with E-state index in [0.717, 1.165) is 6.42 Å². The van der Waals surface area contributed by atoms with Gasteiger partial charge in [0.25, 0.3) is 0 Å². The minimum atomic E-state index is -2.86. The molecule has 0 aromatic carbocycles. The summed E-state index contributed by atoms with van der Waals surface area (Å²) in [6, 6.07) is 0. The summed E-state index contributed by atoms with van der Waals surface area (Å²) in [5.74, 6) is 0.846. The van der Waals surface area contributed by atoms with Gasteiger partial charge in [-0.2, -0.15) is 0 Å². The molecule has 0 radical (unpaired) electrons. The monoisotopic (exact) mass is 163 g/mol. The Morgan fingerprint density at radius 3 is 2.50 bits per heavy atom. The van der Waals surface area contributed by atoms with E-state index >= 15 is 0 Å². The van der Waals surface area contributed by atoms with Crippen molar-refractivity contribution < 1.29 is 8.42 Å². The smallest absolute Gasteiger partial charge is 0.212 e. The average molecular weight is 163 g/mol. The molecule has 0 amide bonds. The molecule has 60 valence electrons. The molecule has 4 heteroatoms. The van der Waals surface area contributed by atoms with Crippen LogP contribution in [0.25, 0.3) is 0 Å². The van der Waals surface area contributed by atoms with Crippen molar-refractivity contribution in [3.05, 3.63) is 0 Å². The Morgan fingerprint density at radius 1 is 1.50 bits per heavy atom. The van der Waals surface area contributed by atoms with E-state index in [4.69, 9.17) is 0 Å². The molecule has 0 spiro atoms. The maximum Gasteiger partial charge on any atom is 0.213 e. The molecule has 0 aromatic rings. The summed E-state index contributed by atoms with van der Waals surface area (Å²) >= 11 is 0. The summed E-state index contributed by atoms with van der Waals surface area (Å²) in [5.41, 5.74) is 0. The lowest BCUT2D eigenvalue weighted by Crippen LogP contribution is -2.38. The highest BCUT2D eigenvalue weighted by Crippen LogP contribution is 2.15. The zero-order chi connectivity index (χ0) is 7.78. The van der Waals surface area contributed by atoms with Gasteiger partial charge in [-0.25, -0.2) is 12.7 Å². The SMILES string of the molecule is CC1CCS(=O)(=O)N(C)C1. The molecule has 0 aromatic heterocycles. The summed E-state index contributed by atoms with van der Waals surface area (Å²) in [5, 5.41) is 0. The highest BCUT2D eigenvalue weighted by molar-refractivity contribution is 7.89. The van der Waals surface area contributed by atoms with Crippen LogP contribution in [0.5, 0.6) is 0 Å². The first-order valence-corrected chi connectivity index (χ1v) is 5.07. The van der Waals surface area contributed by atoms with Crippen LogP contribution in [0.3, 0.4) is 0 Å². The maximum absolute atomic E-state index is 11.1.